The summed E-state index contributed by atoms with van der Waals surface area (Å²) in [5.41, 5.74) is 3.83. The summed E-state index contributed by atoms with van der Waals surface area (Å²) in [5.74, 6) is -0.327. The summed E-state index contributed by atoms with van der Waals surface area (Å²) in [6, 6.07) is 13.8. The van der Waals surface area contributed by atoms with Crippen molar-refractivity contribution in [3.05, 3.63) is 66.5 Å². The quantitative estimate of drug-likeness (QED) is 0.545. The monoisotopic (exact) mass is 292 g/mol. The molecule has 1 aromatic carbocycles. The zero-order valence-corrected chi connectivity index (χ0v) is 12.3. The third kappa shape index (κ3) is 3.06. The molecule has 4 heteroatoms. The second-order valence-electron chi connectivity index (χ2n) is 4.80. The molecule has 22 heavy (non-hydrogen) atoms. The van der Waals surface area contributed by atoms with E-state index in [1.165, 1.54) is 6.08 Å². The highest BCUT2D eigenvalue weighted by molar-refractivity contribution is 5.87. The maximum Gasteiger partial charge on any atom is 0.330 e. The van der Waals surface area contributed by atoms with Gasteiger partial charge in [0.2, 0.25) is 0 Å². The molecule has 2 aromatic heterocycles. The average molecular weight is 292 g/mol. The van der Waals surface area contributed by atoms with Crippen molar-refractivity contribution in [2.75, 3.05) is 6.61 Å². The molecular weight excluding hydrogens is 276 g/mol. The van der Waals surface area contributed by atoms with Crippen LogP contribution >= 0.6 is 0 Å². The van der Waals surface area contributed by atoms with Crippen molar-refractivity contribution in [3.8, 4) is 11.3 Å². The van der Waals surface area contributed by atoms with Gasteiger partial charge in [0, 0.05) is 24.0 Å². The van der Waals surface area contributed by atoms with Crippen LogP contribution in [-0.2, 0) is 9.53 Å². The van der Waals surface area contributed by atoms with Gasteiger partial charge in [0.25, 0.3) is 0 Å². The first kappa shape index (κ1) is 14.1. The van der Waals surface area contributed by atoms with Crippen molar-refractivity contribution in [2.45, 2.75) is 6.92 Å². The number of aromatic nitrogens is 2. The molecule has 0 bridgehead atoms. The second kappa shape index (κ2) is 6.26. The molecule has 0 saturated heterocycles. The molecule has 0 N–H and O–H groups in total. The van der Waals surface area contributed by atoms with E-state index >= 15 is 0 Å². The zero-order chi connectivity index (χ0) is 15.4. The number of fused-ring (bicyclic) bond motifs is 1. The first-order chi connectivity index (χ1) is 10.8. The fourth-order valence-electron chi connectivity index (χ4n) is 2.19. The molecule has 0 aliphatic heterocycles. The van der Waals surface area contributed by atoms with Crippen LogP contribution in [0.3, 0.4) is 0 Å². The van der Waals surface area contributed by atoms with Gasteiger partial charge in [0.05, 0.1) is 12.3 Å². The third-order valence-electron chi connectivity index (χ3n) is 3.27. The standard InChI is InChI=1S/C18H16N2O2/c1-2-22-18(21)11-8-14-6-9-15(10-7-14)16-13-20-12-4-3-5-17(20)19-16/h3-13H,2H2,1H3/b11-8-. The fraction of sp³-hybridized carbons (Fsp3) is 0.111. The maximum absolute atomic E-state index is 11.3. The first-order valence-corrected chi connectivity index (χ1v) is 7.15. The van der Waals surface area contributed by atoms with E-state index in [2.05, 4.69) is 4.98 Å². The number of ether oxygens (including phenoxy) is 1. The topological polar surface area (TPSA) is 43.6 Å². The highest BCUT2D eigenvalue weighted by atomic mass is 16.5. The average Bonchev–Trinajstić information content (AvgIpc) is 2.98. The van der Waals surface area contributed by atoms with E-state index in [-0.39, 0.29) is 5.97 Å². The van der Waals surface area contributed by atoms with Crippen LogP contribution in [0.1, 0.15) is 12.5 Å². The van der Waals surface area contributed by atoms with Gasteiger partial charge in [-0.3, -0.25) is 0 Å². The molecule has 3 aromatic rings. The lowest BCUT2D eigenvalue weighted by Gasteiger charge is -1.98. The predicted octanol–water partition coefficient (Wildman–Crippen LogP) is 3.58. The van der Waals surface area contributed by atoms with Crippen LogP contribution in [0.25, 0.3) is 23.0 Å². The van der Waals surface area contributed by atoms with Crippen molar-refractivity contribution in [3.63, 3.8) is 0 Å². The van der Waals surface area contributed by atoms with Gasteiger partial charge in [-0.1, -0.05) is 30.3 Å². The van der Waals surface area contributed by atoms with Crippen molar-refractivity contribution >= 4 is 17.7 Å². The highest BCUT2D eigenvalue weighted by Crippen LogP contribution is 2.20. The van der Waals surface area contributed by atoms with Crippen LogP contribution in [0.5, 0.6) is 0 Å². The Hall–Kier alpha value is -2.88. The van der Waals surface area contributed by atoms with Crippen molar-refractivity contribution in [2.24, 2.45) is 0 Å². The number of benzene rings is 1. The van der Waals surface area contributed by atoms with Gasteiger partial charge < -0.3 is 9.14 Å². The lowest BCUT2D eigenvalue weighted by molar-refractivity contribution is -0.137. The molecular formula is C18H16N2O2. The summed E-state index contributed by atoms with van der Waals surface area (Å²) in [5, 5.41) is 0. The molecule has 0 radical (unpaired) electrons. The number of esters is 1. The number of hydrogen-bond acceptors (Lipinski definition) is 3. The largest absolute Gasteiger partial charge is 0.463 e. The van der Waals surface area contributed by atoms with Crippen LogP contribution in [0.4, 0.5) is 0 Å². The molecule has 0 spiro atoms. The van der Waals surface area contributed by atoms with Gasteiger partial charge >= 0.3 is 5.97 Å². The molecule has 110 valence electrons. The molecule has 0 amide bonds. The first-order valence-electron chi connectivity index (χ1n) is 7.15. The number of nitrogens with zero attached hydrogens (tertiary/aromatic N) is 2. The molecule has 0 saturated carbocycles. The Morgan fingerprint density at radius 1 is 1.23 bits per heavy atom. The predicted molar refractivity (Wildman–Crippen MR) is 86.3 cm³/mol. The Bertz CT molecular complexity index is 783. The smallest absolute Gasteiger partial charge is 0.330 e. The molecule has 2 heterocycles. The highest BCUT2D eigenvalue weighted by Gasteiger charge is 2.03. The molecule has 3 rings (SSSR count). The van der Waals surface area contributed by atoms with E-state index in [0.717, 1.165) is 22.5 Å². The Balaban J connectivity index is 1.80. The van der Waals surface area contributed by atoms with E-state index in [0.29, 0.717) is 6.61 Å². The Morgan fingerprint density at radius 3 is 2.77 bits per heavy atom. The van der Waals surface area contributed by atoms with Crippen molar-refractivity contribution in [1.29, 1.82) is 0 Å². The number of imidazole rings is 1. The number of pyridine rings is 1. The van der Waals surface area contributed by atoms with Gasteiger partial charge in [-0.2, -0.15) is 0 Å². The summed E-state index contributed by atoms with van der Waals surface area (Å²) in [6.07, 6.45) is 7.15. The van der Waals surface area contributed by atoms with E-state index in [1.807, 2.05) is 59.3 Å². The number of hydrogen-bond donors (Lipinski definition) is 0. The van der Waals surface area contributed by atoms with Crippen LogP contribution in [-0.4, -0.2) is 22.0 Å². The van der Waals surface area contributed by atoms with Gasteiger partial charge in [-0.15, -0.1) is 0 Å². The third-order valence-corrected chi connectivity index (χ3v) is 3.27. The molecule has 0 unspecified atom stereocenters. The Morgan fingerprint density at radius 2 is 2.05 bits per heavy atom. The summed E-state index contributed by atoms with van der Waals surface area (Å²) in [7, 11) is 0. The minimum Gasteiger partial charge on any atom is -0.463 e. The minimum absolute atomic E-state index is 0.327. The van der Waals surface area contributed by atoms with E-state index in [4.69, 9.17) is 4.74 Å². The molecule has 0 fully saturated rings. The van der Waals surface area contributed by atoms with Crippen LogP contribution in [0.2, 0.25) is 0 Å². The molecule has 0 aliphatic carbocycles. The van der Waals surface area contributed by atoms with E-state index in [9.17, 15) is 4.79 Å². The SMILES string of the molecule is CCOC(=O)/C=C\c1ccc(-c2cn3ccccc3n2)cc1. The summed E-state index contributed by atoms with van der Waals surface area (Å²) in [4.78, 5) is 15.9. The molecule has 4 nitrogen and oxygen atoms in total. The van der Waals surface area contributed by atoms with Crippen LogP contribution in [0, 0.1) is 0 Å². The van der Waals surface area contributed by atoms with Gasteiger partial charge in [-0.25, -0.2) is 9.78 Å². The number of carbonyl (C=O) groups is 1. The van der Waals surface area contributed by atoms with Gasteiger partial charge in [0.1, 0.15) is 5.65 Å². The van der Waals surface area contributed by atoms with E-state index < -0.39 is 0 Å². The summed E-state index contributed by atoms with van der Waals surface area (Å²) < 4.78 is 6.84. The Kier molecular flexibility index (Phi) is 4.01. The van der Waals surface area contributed by atoms with Gasteiger partial charge in [-0.05, 0) is 30.7 Å². The summed E-state index contributed by atoms with van der Waals surface area (Å²) >= 11 is 0. The lowest BCUT2D eigenvalue weighted by Crippen LogP contribution is -1.98. The second-order valence-corrected chi connectivity index (χ2v) is 4.80. The summed E-state index contributed by atoms with van der Waals surface area (Å²) in [6.45, 7) is 2.17. The van der Waals surface area contributed by atoms with E-state index in [1.54, 1.807) is 13.0 Å². The zero-order valence-electron chi connectivity index (χ0n) is 12.3. The number of carbonyl (C=O) groups excluding carboxylic acids is 1. The Labute approximate surface area is 128 Å². The minimum atomic E-state index is -0.327. The van der Waals surface area contributed by atoms with Gasteiger partial charge in [0.15, 0.2) is 0 Å². The maximum atomic E-state index is 11.3. The number of rotatable bonds is 4. The van der Waals surface area contributed by atoms with Crippen LogP contribution in [0.15, 0.2) is 60.9 Å². The van der Waals surface area contributed by atoms with Crippen LogP contribution < -0.4 is 0 Å². The van der Waals surface area contributed by atoms with Crippen molar-refractivity contribution in [1.82, 2.24) is 9.38 Å². The van der Waals surface area contributed by atoms with Crippen molar-refractivity contribution < 1.29 is 9.53 Å². The normalized spacial score (nSPS) is 11.1. The molecule has 0 atom stereocenters. The molecule has 0 aliphatic rings. The fourth-order valence-corrected chi connectivity index (χ4v) is 2.19. The lowest BCUT2D eigenvalue weighted by atomic mass is 10.1.